The van der Waals surface area contributed by atoms with E-state index in [2.05, 4.69) is 29.5 Å². The van der Waals surface area contributed by atoms with Crippen LogP contribution in [0, 0.1) is 11.8 Å². The Morgan fingerprint density at radius 2 is 1.76 bits per heavy atom. The second-order valence-corrected chi connectivity index (χ2v) is 12.0. The zero-order valence-corrected chi connectivity index (χ0v) is 28.4. The number of anilines is 1. The summed E-state index contributed by atoms with van der Waals surface area (Å²) in [5.41, 5.74) is 6.55. The van der Waals surface area contributed by atoms with Crippen LogP contribution in [-0.2, 0) is 19.1 Å². The quantitative estimate of drug-likeness (QED) is 0.267. The highest BCUT2D eigenvalue weighted by Crippen LogP contribution is 2.28. The predicted molar refractivity (Wildman–Crippen MR) is 181 cm³/mol. The van der Waals surface area contributed by atoms with E-state index in [0.29, 0.717) is 24.9 Å². The van der Waals surface area contributed by atoms with Crippen LogP contribution in [-0.4, -0.2) is 70.1 Å². The summed E-state index contributed by atoms with van der Waals surface area (Å²) >= 11 is 0. The number of nitrogens with zero attached hydrogens (tertiary/aromatic N) is 3. The molecule has 2 heterocycles. The van der Waals surface area contributed by atoms with Crippen LogP contribution >= 0.6 is 0 Å². The Bertz CT molecular complexity index is 1270. The molecule has 1 aromatic carbocycles. The summed E-state index contributed by atoms with van der Waals surface area (Å²) in [6, 6.07) is 7.92. The summed E-state index contributed by atoms with van der Waals surface area (Å²) in [7, 11) is 0. The molecule has 0 aliphatic carbocycles. The number of hydrogen-bond acceptors (Lipinski definition) is 6. The van der Waals surface area contributed by atoms with Crippen molar-refractivity contribution in [1.82, 2.24) is 19.8 Å². The molecule has 0 radical (unpaired) electrons. The average Bonchev–Trinajstić information content (AvgIpc) is 3.48. The van der Waals surface area contributed by atoms with Gasteiger partial charge in [-0.3, -0.25) is 14.4 Å². The first-order chi connectivity index (χ1) is 21.4. The molecular formula is C35H54N6O4. The number of piperidine rings is 1. The summed E-state index contributed by atoms with van der Waals surface area (Å²) in [5.74, 6) is 0.464. The second kappa shape index (κ2) is 18.3. The highest BCUT2D eigenvalue weighted by molar-refractivity contribution is 5.98. The largest absolute Gasteiger partial charge is 0.374 e. The molecular weight excluding hydrogens is 568 g/mol. The Morgan fingerprint density at radius 3 is 2.31 bits per heavy atom. The number of ether oxygens (including phenoxy) is 1. The van der Waals surface area contributed by atoms with Gasteiger partial charge in [-0.1, -0.05) is 76.3 Å². The van der Waals surface area contributed by atoms with Crippen molar-refractivity contribution in [3.63, 3.8) is 0 Å². The van der Waals surface area contributed by atoms with Gasteiger partial charge in [0.2, 0.25) is 11.8 Å². The van der Waals surface area contributed by atoms with Gasteiger partial charge in [-0.15, -0.1) is 0 Å². The lowest BCUT2D eigenvalue weighted by Gasteiger charge is -2.36. The molecule has 10 nitrogen and oxygen atoms in total. The van der Waals surface area contributed by atoms with E-state index in [1.807, 2.05) is 81.2 Å². The van der Waals surface area contributed by atoms with Crippen LogP contribution in [0.4, 0.5) is 5.82 Å². The molecule has 1 aromatic heterocycles. The number of aromatic nitrogens is 2. The Hall–Kier alpha value is -3.76. The summed E-state index contributed by atoms with van der Waals surface area (Å²) in [5, 5.41) is 5.47. The molecule has 4 N–H and O–H groups in total. The molecule has 248 valence electrons. The molecule has 0 spiro atoms. The maximum absolute atomic E-state index is 13.9. The summed E-state index contributed by atoms with van der Waals surface area (Å²) < 4.78 is 7.51. The molecule has 0 bridgehead atoms. The van der Waals surface area contributed by atoms with Gasteiger partial charge < -0.3 is 30.6 Å². The van der Waals surface area contributed by atoms with Crippen LogP contribution in [0.3, 0.4) is 0 Å². The molecule has 1 aliphatic rings. The van der Waals surface area contributed by atoms with Crippen molar-refractivity contribution in [3.05, 3.63) is 72.2 Å². The van der Waals surface area contributed by atoms with Crippen molar-refractivity contribution in [1.29, 1.82) is 0 Å². The molecule has 0 saturated carbocycles. The summed E-state index contributed by atoms with van der Waals surface area (Å²) in [6.45, 7) is 17.0. The number of nitrogens with one attached hydrogen (secondary N) is 2. The van der Waals surface area contributed by atoms with E-state index >= 15 is 0 Å². The van der Waals surface area contributed by atoms with Gasteiger partial charge in [-0.2, -0.15) is 0 Å². The third-order valence-electron chi connectivity index (χ3n) is 7.81. The Morgan fingerprint density at radius 1 is 1.11 bits per heavy atom. The zero-order valence-electron chi connectivity index (χ0n) is 28.4. The van der Waals surface area contributed by atoms with E-state index in [1.165, 1.54) is 0 Å². The first-order valence-electron chi connectivity index (χ1n) is 16.1. The molecule has 3 amide bonds. The van der Waals surface area contributed by atoms with E-state index < -0.39 is 29.4 Å². The van der Waals surface area contributed by atoms with Crippen molar-refractivity contribution >= 4 is 23.5 Å². The minimum Gasteiger partial charge on any atom is -0.374 e. The van der Waals surface area contributed by atoms with Crippen LogP contribution in [0.15, 0.2) is 66.7 Å². The first kappa shape index (κ1) is 37.4. The highest BCUT2D eigenvalue weighted by atomic mass is 16.5. The number of nitrogens with two attached hydrogens (primary N) is 1. The fourth-order valence-electron chi connectivity index (χ4n) is 5.06. The number of carbonyl (C=O) groups excluding carboxylic acids is 3. The molecule has 2 atom stereocenters. The lowest BCUT2D eigenvalue weighted by molar-refractivity contribution is -0.135. The number of rotatable bonds is 13. The highest BCUT2D eigenvalue weighted by Gasteiger charge is 2.32. The average molecular weight is 623 g/mol. The Labute approximate surface area is 269 Å². The molecule has 1 aliphatic heterocycles. The predicted octanol–water partition coefficient (Wildman–Crippen LogP) is 5.09. The standard InChI is InChI=1S/C33H48N6O4.C2H6/c1-7-12-24(8-2)20-43-21-27(36-32(42)33(5,6)34)30(40)37-28-19-39(22-35-28)29(26-13-10-9-11-14-26)31(41)38-17-15-25(16-18-38)23(3)4;1-2/h7-14,19,22-23,25,27,29H,15-18,20-21,34H2,1-6H3,(H,36,42)(H,37,40);1-2H3/b12-7-,24-8+;. The Balaban J connectivity index is 0.00000345. The van der Waals surface area contributed by atoms with Crippen molar-refractivity contribution in [2.24, 2.45) is 17.6 Å². The van der Waals surface area contributed by atoms with Crippen molar-refractivity contribution < 1.29 is 19.1 Å². The fraction of sp³-hybridized carbons (Fsp3) is 0.543. The lowest BCUT2D eigenvalue weighted by Crippen LogP contribution is -2.56. The fourth-order valence-corrected chi connectivity index (χ4v) is 5.06. The number of benzene rings is 1. The Kier molecular flexibility index (Phi) is 15.2. The molecule has 2 aromatic rings. The first-order valence-corrected chi connectivity index (χ1v) is 16.1. The number of hydrogen-bond donors (Lipinski definition) is 3. The second-order valence-electron chi connectivity index (χ2n) is 12.0. The van der Waals surface area contributed by atoms with Crippen LogP contribution in [0.5, 0.6) is 0 Å². The lowest BCUT2D eigenvalue weighted by atomic mass is 9.86. The number of imidazole rings is 1. The monoisotopic (exact) mass is 622 g/mol. The number of amides is 3. The normalized spacial score (nSPS) is 15.8. The molecule has 45 heavy (non-hydrogen) atoms. The third kappa shape index (κ3) is 11.3. The minimum atomic E-state index is -1.19. The maximum Gasteiger partial charge on any atom is 0.250 e. The summed E-state index contributed by atoms with van der Waals surface area (Å²) in [6.07, 6.45) is 10.9. The number of carbonyl (C=O) groups is 3. The van der Waals surface area contributed by atoms with Gasteiger partial charge in [-0.25, -0.2) is 4.98 Å². The number of likely N-dealkylation sites (tertiary alicyclic amines) is 1. The maximum atomic E-state index is 13.9. The van der Waals surface area contributed by atoms with E-state index in [0.717, 1.165) is 24.0 Å². The van der Waals surface area contributed by atoms with Gasteiger partial charge in [-0.05, 0) is 63.5 Å². The van der Waals surface area contributed by atoms with Gasteiger partial charge in [0.15, 0.2) is 5.82 Å². The van der Waals surface area contributed by atoms with Crippen LogP contribution in [0.25, 0.3) is 0 Å². The smallest absolute Gasteiger partial charge is 0.250 e. The van der Waals surface area contributed by atoms with E-state index in [-0.39, 0.29) is 24.9 Å². The van der Waals surface area contributed by atoms with Crippen LogP contribution < -0.4 is 16.4 Å². The minimum absolute atomic E-state index is 0.00619. The molecule has 2 unspecified atom stereocenters. The summed E-state index contributed by atoms with van der Waals surface area (Å²) in [4.78, 5) is 46.2. The van der Waals surface area contributed by atoms with Crippen molar-refractivity contribution in [3.8, 4) is 0 Å². The van der Waals surface area contributed by atoms with Crippen molar-refractivity contribution in [2.75, 3.05) is 31.6 Å². The molecule has 3 rings (SSSR count). The van der Waals surface area contributed by atoms with Gasteiger partial charge >= 0.3 is 0 Å². The third-order valence-corrected chi connectivity index (χ3v) is 7.81. The van der Waals surface area contributed by atoms with Crippen LogP contribution in [0.1, 0.15) is 79.8 Å². The van der Waals surface area contributed by atoms with Gasteiger partial charge in [0.05, 0.1) is 25.1 Å². The van der Waals surface area contributed by atoms with Crippen LogP contribution in [0.2, 0.25) is 0 Å². The van der Waals surface area contributed by atoms with E-state index in [9.17, 15) is 14.4 Å². The van der Waals surface area contributed by atoms with Gasteiger partial charge in [0, 0.05) is 19.3 Å². The van der Waals surface area contributed by atoms with Gasteiger partial charge in [0.1, 0.15) is 12.1 Å². The van der Waals surface area contributed by atoms with E-state index in [1.54, 1.807) is 30.9 Å². The molecule has 1 saturated heterocycles. The van der Waals surface area contributed by atoms with Crippen molar-refractivity contribution in [2.45, 2.75) is 85.9 Å². The molecule has 1 fully saturated rings. The zero-order chi connectivity index (χ0) is 33.6. The van der Waals surface area contributed by atoms with Gasteiger partial charge in [0.25, 0.3) is 5.91 Å². The van der Waals surface area contributed by atoms with E-state index in [4.69, 9.17) is 10.5 Å². The SMILES string of the molecule is C/C=C\C(=C/C)COCC(NC(=O)C(C)(C)N)C(=O)Nc1cn(C(C(=O)N2CCC(C(C)C)CC2)c2ccccc2)cn1.CC. The number of allylic oxidation sites excluding steroid dienone is 2. The topological polar surface area (TPSA) is 132 Å². The molecule has 10 heteroatoms.